The van der Waals surface area contributed by atoms with Crippen LogP contribution in [0.5, 0.6) is 5.75 Å². The first-order chi connectivity index (χ1) is 13.9. The van der Waals surface area contributed by atoms with Gasteiger partial charge in [-0.25, -0.2) is 8.42 Å². The summed E-state index contributed by atoms with van der Waals surface area (Å²) in [5, 5.41) is 4.87. The Labute approximate surface area is 175 Å². The van der Waals surface area contributed by atoms with Gasteiger partial charge in [-0.05, 0) is 29.7 Å². The number of carbonyl (C=O) groups is 1. The number of fused-ring (bicyclic) bond motifs is 1. The molecule has 0 aliphatic heterocycles. The largest absolute Gasteiger partial charge is 0.495 e. The van der Waals surface area contributed by atoms with Crippen LogP contribution in [0.4, 0.5) is 5.69 Å². The van der Waals surface area contributed by atoms with Crippen molar-refractivity contribution < 1.29 is 17.9 Å². The number of carbonyl (C=O) groups excluding carboxylic acids is 1. The molecule has 0 aliphatic carbocycles. The highest BCUT2D eigenvalue weighted by Gasteiger charge is 2.26. The molecule has 152 valence electrons. The third kappa shape index (κ3) is 4.53. The van der Waals surface area contributed by atoms with Crippen molar-refractivity contribution in [2.75, 3.05) is 25.5 Å². The number of hydrogen-bond donors (Lipinski definition) is 1. The van der Waals surface area contributed by atoms with Crippen LogP contribution >= 0.6 is 11.6 Å². The van der Waals surface area contributed by atoms with Gasteiger partial charge in [-0.2, -0.15) is 4.31 Å². The van der Waals surface area contributed by atoms with Crippen molar-refractivity contribution in [1.29, 1.82) is 0 Å². The summed E-state index contributed by atoms with van der Waals surface area (Å²) in [7, 11) is -2.45. The van der Waals surface area contributed by atoms with Crippen LogP contribution in [0, 0.1) is 0 Å². The van der Waals surface area contributed by atoms with E-state index in [4.69, 9.17) is 16.3 Å². The monoisotopic (exact) mass is 432 g/mol. The molecule has 6 nitrogen and oxygen atoms in total. The van der Waals surface area contributed by atoms with Gasteiger partial charge in [-0.3, -0.25) is 4.79 Å². The molecule has 3 rings (SSSR count). The smallest absolute Gasteiger partial charge is 0.243 e. The second-order valence-electron chi connectivity index (χ2n) is 6.30. The van der Waals surface area contributed by atoms with Gasteiger partial charge >= 0.3 is 0 Å². The van der Waals surface area contributed by atoms with Crippen LogP contribution in [-0.4, -0.2) is 38.8 Å². The average molecular weight is 433 g/mol. The van der Waals surface area contributed by atoms with Crippen LogP contribution in [0.15, 0.2) is 65.6 Å². The first-order valence-electron chi connectivity index (χ1n) is 8.98. The normalized spacial score (nSPS) is 11.6. The summed E-state index contributed by atoms with van der Waals surface area (Å²) in [5.74, 6) is -0.0475. The third-order valence-electron chi connectivity index (χ3n) is 4.50. The summed E-state index contributed by atoms with van der Waals surface area (Å²) in [6.07, 6.45) is 0. The zero-order chi connectivity index (χ0) is 21.0. The highest BCUT2D eigenvalue weighted by molar-refractivity contribution is 7.89. The molecule has 0 heterocycles. The van der Waals surface area contributed by atoms with E-state index in [9.17, 15) is 13.2 Å². The van der Waals surface area contributed by atoms with Gasteiger partial charge in [0.25, 0.3) is 0 Å². The van der Waals surface area contributed by atoms with E-state index >= 15 is 0 Å². The summed E-state index contributed by atoms with van der Waals surface area (Å²) in [4.78, 5) is 12.6. The van der Waals surface area contributed by atoms with E-state index in [0.29, 0.717) is 11.4 Å². The molecule has 0 atom stereocenters. The number of benzene rings is 3. The van der Waals surface area contributed by atoms with Crippen molar-refractivity contribution in [3.05, 3.63) is 65.7 Å². The van der Waals surface area contributed by atoms with Crippen molar-refractivity contribution in [3.8, 4) is 5.75 Å². The van der Waals surface area contributed by atoms with E-state index in [1.54, 1.807) is 13.0 Å². The molecule has 0 spiro atoms. The molecule has 1 N–H and O–H groups in total. The number of ether oxygens (including phenoxy) is 1. The molecule has 0 unspecified atom stereocenters. The fourth-order valence-corrected chi connectivity index (χ4v) is 4.76. The third-order valence-corrected chi connectivity index (χ3v) is 6.71. The summed E-state index contributed by atoms with van der Waals surface area (Å²) in [6.45, 7) is 1.49. The number of nitrogens with one attached hydrogen (secondary N) is 1. The molecule has 0 aliphatic rings. The lowest BCUT2D eigenvalue weighted by Gasteiger charge is -2.20. The molecule has 8 heteroatoms. The Morgan fingerprint density at radius 1 is 1.10 bits per heavy atom. The summed E-state index contributed by atoms with van der Waals surface area (Å²) in [5.41, 5.74) is 0.633. The number of anilines is 1. The lowest BCUT2D eigenvalue weighted by Crippen LogP contribution is -2.37. The number of likely N-dealkylation sites (N-methyl/N-ethyl adjacent to an activating group) is 1. The standard InChI is InChI=1S/C21H21ClN2O4S/c1-3-24(29(26,27)16-11-12-20(28-2)18(22)13-16)14-21(25)23-19-10-6-8-15-7-4-5-9-17(15)19/h4-13H,3,14H2,1-2H3,(H,23,25). The van der Waals surface area contributed by atoms with Crippen molar-refractivity contribution in [3.63, 3.8) is 0 Å². The zero-order valence-electron chi connectivity index (χ0n) is 16.1. The van der Waals surface area contributed by atoms with Crippen LogP contribution in [0.1, 0.15) is 6.92 Å². The first kappa shape index (κ1) is 21.1. The molecule has 0 radical (unpaired) electrons. The molecular weight excluding hydrogens is 412 g/mol. The number of sulfonamides is 1. The van der Waals surface area contributed by atoms with Gasteiger partial charge < -0.3 is 10.1 Å². The maximum Gasteiger partial charge on any atom is 0.243 e. The molecule has 0 saturated heterocycles. The predicted molar refractivity (Wildman–Crippen MR) is 115 cm³/mol. The molecule has 0 bridgehead atoms. The van der Waals surface area contributed by atoms with E-state index in [1.807, 2.05) is 36.4 Å². The number of rotatable bonds is 7. The molecule has 0 fully saturated rings. The highest BCUT2D eigenvalue weighted by atomic mass is 35.5. The summed E-state index contributed by atoms with van der Waals surface area (Å²) < 4.78 is 32.1. The fourth-order valence-electron chi connectivity index (χ4n) is 3.01. The Kier molecular flexibility index (Phi) is 6.42. The van der Waals surface area contributed by atoms with Gasteiger partial charge in [0.2, 0.25) is 15.9 Å². The van der Waals surface area contributed by atoms with E-state index in [0.717, 1.165) is 15.1 Å². The molecule has 1 amide bonds. The second kappa shape index (κ2) is 8.82. The van der Waals surface area contributed by atoms with E-state index in [1.165, 1.54) is 25.3 Å². The number of halogens is 1. The van der Waals surface area contributed by atoms with Crippen molar-refractivity contribution in [1.82, 2.24) is 4.31 Å². The number of nitrogens with zero attached hydrogens (tertiary/aromatic N) is 1. The minimum atomic E-state index is -3.90. The van der Waals surface area contributed by atoms with Gasteiger partial charge in [0.15, 0.2) is 0 Å². The number of hydrogen-bond acceptors (Lipinski definition) is 4. The Hall–Kier alpha value is -2.61. The topological polar surface area (TPSA) is 75.7 Å². The predicted octanol–water partition coefficient (Wildman–Crippen LogP) is 4.15. The van der Waals surface area contributed by atoms with Gasteiger partial charge in [0.05, 0.1) is 23.6 Å². The molecule has 0 aromatic heterocycles. The van der Waals surface area contributed by atoms with Crippen molar-refractivity contribution >= 4 is 44.0 Å². The van der Waals surface area contributed by atoms with Crippen LogP contribution < -0.4 is 10.1 Å². The molecule has 3 aromatic rings. The minimum Gasteiger partial charge on any atom is -0.495 e. The molecule has 29 heavy (non-hydrogen) atoms. The highest BCUT2D eigenvalue weighted by Crippen LogP contribution is 2.28. The first-order valence-corrected chi connectivity index (χ1v) is 10.8. The lowest BCUT2D eigenvalue weighted by molar-refractivity contribution is -0.116. The van der Waals surface area contributed by atoms with Gasteiger partial charge in [-0.15, -0.1) is 0 Å². The van der Waals surface area contributed by atoms with Crippen molar-refractivity contribution in [2.45, 2.75) is 11.8 Å². The molecule has 3 aromatic carbocycles. The summed E-state index contributed by atoms with van der Waals surface area (Å²) >= 11 is 6.06. The Morgan fingerprint density at radius 2 is 1.83 bits per heavy atom. The van der Waals surface area contributed by atoms with Crippen LogP contribution in [0.2, 0.25) is 5.02 Å². The Morgan fingerprint density at radius 3 is 2.52 bits per heavy atom. The Balaban J connectivity index is 1.81. The second-order valence-corrected chi connectivity index (χ2v) is 8.65. The summed E-state index contributed by atoms with van der Waals surface area (Å²) in [6, 6.07) is 17.4. The van der Waals surface area contributed by atoms with Gasteiger partial charge in [0.1, 0.15) is 5.75 Å². The van der Waals surface area contributed by atoms with E-state index in [2.05, 4.69) is 5.32 Å². The number of amides is 1. The fraction of sp³-hybridized carbons (Fsp3) is 0.190. The maximum absolute atomic E-state index is 13.0. The van der Waals surface area contributed by atoms with E-state index in [-0.39, 0.29) is 23.0 Å². The minimum absolute atomic E-state index is 0.00288. The zero-order valence-corrected chi connectivity index (χ0v) is 17.6. The van der Waals surface area contributed by atoms with Crippen LogP contribution in [0.3, 0.4) is 0 Å². The van der Waals surface area contributed by atoms with Gasteiger partial charge in [-0.1, -0.05) is 54.9 Å². The van der Waals surface area contributed by atoms with Gasteiger partial charge in [0, 0.05) is 17.6 Å². The SMILES string of the molecule is CCN(CC(=O)Nc1cccc2ccccc12)S(=O)(=O)c1ccc(OC)c(Cl)c1. The van der Waals surface area contributed by atoms with Crippen molar-refractivity contribution in [2.24, 2.45) is 0 Å². The molecule has 0 saturated carbocycles. The lowest BCUT2D eigenvalue weighted by atomic mass is 10.1. The maximum atomic E-state index is 13.0. The number of methoxy groups -OCH3 is 1. The van der Waals surface area contributed by atoms with Crippen LogP contribution in [-0.2, 0) is 14.8 Å². The van der Waals surface area contributed by atoms with Crippen LogP contribution in [0.25, 0.3) is 10.8 Å². The quantitative estimate of drug-likeness (QED) is 0.608. The van der Waals surface area contributed by atoms with E-state index < -0.39 is 15.9 Å². The molecular formula is C21H21ClN2O4S. The Bertz CT molecular complexity index is 1140. The average Bonchev–Trinajstić information content (AvgIpc) is 2.72.